The number of carbonyl (C=O) groups is 1. The minimum atomic E-state index is -0.717. The summed E-state index contributed by atoms with van der Waals surface area (Å²) in [6, 6.07) is 11.6. The van der Waals surface area contributed by atoms with Crippen LogP contribution >= 0.6 is 11.6 Å². The number of ether oxygens (including phenoxy) is 2. The summed E-state index contributed by atoms with van der Waals surface area (Å²) in [5.41, 5.74) is 2.88. The Morgan fingerprint density at radius 2 is 1.93 bits per heavy atom. The zero-order valence-corrected chi connectivity index (χ0v) is 16.4. The van der Waals surface area contributed by atoms with Crippen molar-refractivity contribution in [2.75, 3.05) is 24.8 Å². The number of aliphatic carboxylic acids is 1. The van der Waals surface area contributed by atoms with Crippen LogP contribution in [-0.4, -0.2) is 40.5 Å². The number of nitrogens with zero attached hydrogens (tertiary/aromatic N) is 3. The van der Waals surface area contributed by atoms with Crippen molar-refractivity contribution >= 4 is 34.6 Å². The maximum Gasteiger partial charge on any atom is 0.306 e. The molecule has 1 saturated heterocycles. The third kappa shape index (κ3) is 3.35. The van der Waals surface area contributed by atoms with Gasteiger partial charge in [0.05, 0.1) is 23.5 Å². The molecule has 0 aliphatic carbocycles. The number of piperidine rings is 1. The van der Waals surface area contributed by atoms with Crippen LogP contribution in [0, 0.1) is 5.92 Å². The van der Waals surface area contributed by atoms with Crippen LogP contribution < -0.4 is 14.4 Å². The number of hydrogen-bond donors (Lipinski definition) is 1. The summed E-state index contributed by atoms with van der Waals surface area (Å²) >= 11 is 6.26. The van der Waals surface area contributed by atoms with Crippen LogP contribution in [0.25, 0.3) is 11.0 Å². The monoisotopic (exact) mass is 413 g/mol. The summed E-state index contributed by atoms with van der Waals surface area (Å²) in [5, 5.41) is 9.94. The highest BCUT2D eigenvalue weighted by atomic mass is 35.5. The van der Waals surface area contributed by atoms with Crippen LogP contribution in [0.4, 0.5) is 5.95 Å². The minimum absolute atomic E-state index is 0.242. The third-order valence-corrected chi connectivity index (χ3v) is 5.83. The zero-order chi connectivity index (χ0) is 20.0. The summed E-state index contributed by atoms with van der Waals surface area (Å²) in [4.78, 5) is 18.3. The van der Waals surface area contributed by atoms with Crippen molar-refractivity contribution in [2.24, 2.45) is 5.92 Å². The first-order valence-corrected chi connectivity index (χ1v) is 9.98. The highest BCUT2D eigenvalue weighted by Gasteiger charge is 2.27. The summed E-state index contributed by atoms with van der Waals surface area (Å²) in [6.45, 7) is 2.16. The second kappa shape index (κ2) is 7.15. The summed E-state index contributed by atoms with van der Waals surface area (Å²) in [6.07, 6.45) is 1.23. The van der Waals surface area contributed by atoms with Crippen molar-refractivity contribution in [3.63, 3.8) is 0 Å². The highest BCUT2D eigenvalue weighted by Crippen LogP contribution is 2.34. The molecular formula is C21H20ClN3O4. The molecule has 3 heterocycles. The molecule has 1 N–H and O–H groups in total. The van der Waals surface area contributed by atoms with Crippen molar-refractivity contribution in [2.45, 2.75) is 19.4 Å². The fraction of sp³-hybridized carbons (Fsp3) is 0.333. The molecule has 0 saturated carbocycles. The Morgan fingerprint density at radius 3 is 2.72 bits per heavy atom. The summed E-state index contributed by atoms with van der Waals surface area (Å²) < 4.78 is 13.1. The molecule has 150 valence electrons. The van der Waals surface area contributed by atoms with Gasteiger partial charge < -0.3 is 24.0 Å². The van der Waals surface area contributed by atoms with Crippen molar-refractivity contribution in [3.8, 4) is 11.5 Å². The van der Waals surface area contributed by atoms with E-state index in [-0.39, 0.29) is 12.7 Å². The predicted molar refractivity (Wildman–Crippen MR) is 109 cm³/mol. The standard InChI is InChI=1S/C21H20ClN3O4/c22-15-2-3-16-17(10-15)25(11-13-1-4-18-19(9-13)29-12-28-18)21(23-16)24-7-5-14(6-8-24)20(26)27/h1-4,9-10,14H,5-8,11-12H2,(H,26,27). The van der Waals surface area contributed by atoms with E-state index in [4.69, 9.17) is 26.1 Å². The van der Waals surface area contributed by atoms with Gasteiger partial charge in [0.1, 0.15) is 0 Å². The van der Waals surface area contributed by atoms with E-state index in [9.17, 15) is 9.90 Å². The Balaban J connectivity index is 1.51. The fourth-order valence-corrected chi connectivity index (χ4v) is 4.20. The fourth-order valence-electron chi connectivity index (χ4n) is 4.03. The van der Waals surface area contributed by atoms with Crippen molar-refractivity contribution in [1.82, 2.24) is 9.55 Å². The molecule has 7 nitrogen and oxygen atoms in total. The van der Waals surface area contributed by atoms with E-state index in [1.165, 1.54) is 0 Å². The number of carboxylic acid groups (broad SMARTS) is 1. The molecule has 1 fully saturated rings. The van der Waals surface area contributed by atoms with Gasteiger partial charge in [-0.3, -0.25) is 4.79 Å². The van der Waals surface area contributed by atoms with Gasteiger partial charge in [-0.05, 0) is 48.7 Å². The lowest BCUT2D eigenvalue weighted by Gasteiger charge is -2.31. The largest absolute Gasteiger partial charge is 0.481 e. The van der Waals surface area contributed by atoms with E-state index >= 15 is 0 Å². The second-order valence-electron chi connectivity index (χ2n) is 7.42. The normalized spacial score (nSPS) is 16.5. The average Bonchev–Trinajstić information content (AvgIpc) is 3.32. The molecule has 0 bridgehead atoms. The summed E-state index contributed by atoms with van der Waals surface area (Å²) in [7, 11) is 0. The van der Waals surface area contributed by atoms with E-state index < -0.39 is 5.97 Å². The van der Waals surface area contributed by atoms with Gasteiger partial charge in [-0.2, -0.15) is 0 Å². The van der Waals surface area contributed by atoms with E-state index in [1.54, 1.807) is 0 Å². The van der Waals surface area contributed by atoms with Gasteiger partial charge in [0.2, 0.25) is 12.7 Å². The highest BCUT2D eigenvalue weighted by molar-refractivity contribution is 6.31. The van der Waals surface area contributed by atoms with E-state index in [0.717, 1.165) is 34.0 Å². The number of rotatable bonds is 4. The predicted octanol–water partition coefficient (Wildman–Crippen LogP) is 3.77. The number of aromatic nitrogens is 2. The molecule has 0 amide bonds. The molecule has 8 heteroatoms. The van der Waals surface area contributed by atoms with Gasteiger partial charge in [0, 0.05) is 18.1 Å². The number of benzene rings is 2. The van der Waals surface area contributed by atoms with E-state index in [1.807, 2.05) is 36.4 Å². The molecule has 5 rings (SSSR count). The molecule has 2 aliphatic heterocycles. The van der Waals surface area contributed by atoms with Crippen LogP contribution in [0.15, 0.2) is 36.4 Å². The van der Waals surface area contributed by atoms with Crippen molar-refractivity contribution < 1.29 is 19.4 Å². The van der Waals surface area contributed by atoms with Crippen molar-refractivity contribution in [3.05, 3.63) is 47.0 Å². The second-order valence-corrected chi connectivity index (χ2v) is 7.85. The van der Waals surface area contributed by atoms with Gasteiger partial charge in [0.15, 0.2) is 11.5 Å². The van der Waals surface area contributed by atoms with Crippen LogP contribution in [0.5, 0.6) is 11.5 Å². The van der Waals surface area contributed by atoms with Crippen LogP contribution in [-0.2, 0) is 11.3 Å². The van der Waals surface area contributed by atoms with Crippen LogP contribution in [0.3, 0.4) is 0 Å². The number of anilines is 1. The molecule has 3 aromatic rings. The summed E-state index contributed by atoms with van der Waals surface area (Å²) in [5.74, 6) is 1.33. The van der Waals surface area contributed by atoms with E-state index in [0.29, 0.717) is 37.5 Å². The number of imidazole rings is 1. The Kier molecular flexibility index (Phi) is 4.47. The van der Waals surface area contributed by atoms with Gasteiger partial charge >= 0.3 is 5.97 Å². The maximum absolute atomic E-state index is 11.3. The van der Waals surface area contributed by atoms with Gasteiger partial charge in [-0.1, -0.05) is 17.7 Å². The first-order chi connectivity index (χ1) is 14.1. The van der Waals surface area contributed by atoms with Crippen LogP contribution in [0.1, 0.15) is 18.4 Å². The third-order valence-electron chi connectivity index (χ3n) is 5.59. The Morgan fingerprint density at radius 1 is 1.14 bits per heavy atom. The molecular weight excluding hydrogens is 394 g/mol. The Hall–Kier alpha value is -2.93. The number of hydrogen-bond acceptors (Lipinski definition) is 5. The maximum atomic E-state index is 11.3. The molecule has 0 spiro atoms. The topological polar surface area (TPSA) is 76.8 Å². The lowest BCUT2D eigenvalue weighted by atomic mass is 9.97. The lowest BCUT2D eigenvalue weighted by molar-refractivity contribution is -0.142. The Bertz CT molecular complexity index is 1090. The SMILES string of the molecule is O=C(O)C1CCN(c2nc3ccc(Cl)cc3n2Cc2ccc3c(c2)OCO3)CC1. The Labute approximate surface area is 172 Å². The molecule has 2 aliphatic rings. The van der Waals surface area contributed by atoms with Gasteiger partial charge in [-0.25, -0.2) is 4.98 Å². The first-order valence-electron chi connectivity index (χ1n) is 9.60. The first kappa shape index (κ1) is 18.1. The quantitative estimate of drug-likeness (QED) is 0.701. The molecule has 2 aromatic carbocycles. The number of fused-ring (bicyclic) bond motifs is 2. The number of carboxylic acids is 1. The van der Waals surface area contributed by atoms with Gasteiger partial charge in [0.25, 0.3) is 0 Å². The van der Waals surface area contributed by atoms with Crippen molar-refractivity contribution in [1.29, 1.82) is 0 Å². The molecule has 29 heavy (non-hydrogen) atoms. The minimum Gasteiger partial charge on any atom is -0.481 e. The molecule has 0 unspecified atom stereocenters. The van der Waals surface area contributed by atoms with E-state index in [2.05, 4.69) is 9.47 Å². The molecule has 0 atom stereocenters. The van der Waals surface area contributed by atoms with Crippen LogP contribution in [0.2, 0.25) is 5.02 Å². The average molecular weight is 414 g/mol. The smallest absolute Gasteiger partial charge is 0.306 e. The number of halogens is 1. The molecule has 0 radical (unpaired) electrons. The lowest BCUT2D eigenvalue weighted by Crippen LogP contribution is -2.37. The zero-order valence-electron chi connectivity index (χ0n) is 15.7. The molecule has 1 aromatic heterocycles. The van der Waals surface area contributed by atoms with Gasteiger partial charge in [-0.15, -0.1) is 0 Å².